The number of hydrogen-bond donors (Lipinski definition) is 0. The van der Waals surface area contributed by atoms with Gasteiger partial charge >= 0.3 is 0 Å². The average Bonchev–Trinajstić information content (AvgIpc) is 3.56. The molecule has 0 N–H and O–H groups in total. The Morgan fingerprint density at radius 2 is 1.97 bits per heavy atom. The first-order valence-electron chi connectivity index (χ1n) is 12.5. The predicted molar refractivity (Wildman–Crippen MR) is 129 cm³/mol. The zero-order chi connectivity index (χ0) is 23.7. The van der Waals surface area contributed by atoms with E-state index >= 15 is 0 Å². The topological polar surface area (TPSA) is 87.8 Å². The van der Waals surface area contributed by atoms with Crippen LogP contribution in [-0.4, -0.2) is 88.3 Å². The number of ether oxygens (including phenoxy) is 1. The first-order chi connectivity index (χ1) is 16.4. The molecule has 0 saturated carbocycles. The van der Waals surface area contributed by atoms with Gasteiger partial charge in [0.2, 0.25) is 17.7 Å². The van der Waals surface area contributed by atoms with E-state index in [0.717, 1.165) is 51.1 Å². The first kappa shape index (κ1) is 23.8. The van der Waals surface area contributed by atoms with E-state index in [1.165, 1.54) is 4.88 Å². The summed E-state index contributed by atoms with van der Waals surface area (Å²) in [4.78, 5) is 25.7. The van der Waals surface area contributed by atoms with Crippen molar-refractivity contribution in [3.63, 3.8) is 0 Å². The van der Waals surface area contributed by atoms with E-state index in [1.54, 1.807) is 11.3 Å². The van der Waals surface area contributed by atoms with Gasteiger partial charge in [0.25, 0.3) is 0 Å². The molecule has 3 fully saturated rings. The lowest BCUT2D eigenvalue weighted by molar-refractivity contribution is -0.136. The molecule has 1 unspecified atom stereocenters. The summed E-state index contributed by atoms with van der Waals surface area (Å²) in [6.07, 6.45) is 3.21. The molecule has 10 heteroatoms. The van der Waals surface area contributed by atoms with Gasteiger partial charge in [0.05, 0.1) is 37.0 Å². The van der Waals surface area contributed by atoms with Gasteiger partial charge in [-0.3, -0.25) is 14.6 Å². The van der Waals surface area contributed by atoms with E-state index in [1.807, 2.05) is 10.4 Å². The molecule has 0 radical (unpaired) electrons. The molecule has 1 spiro atoms. The summed E-state index contributed by atoms with van der Waals surface area (Å²) in [5.41, 5.74) is 3.27. The minimum Gasteiger partial charge on any atom is -0.423 e. The van der Waals surface area contributed by atoms with Crippen LogP contribution in [0.1, 0.15) is 67.4 Å². The van der Waals surface area contributed by atoms with Gasteiger partial charge in [0.15, 0.2) is 0 Å². The summed E-state index contributed by atoms with van der Waals surface area (Å²) < 4.78 is 11.5. The highest BCUT2D eigenvalue weighted by Crippen LogP contribution is 2.49. The highest BCUT2D eigenvalue weighted by Gasteiger charge is 2.48. The van der Waals surface area contributed by atoms with Crippen LogP contribution < -0.4 is 0 Å². The number of piperidine rings is 1. The number of nitrogens with zero attached hydrogens (tertiary/aromatic N) is 6. The normalized spacial score (nSPS) is 23.9. The quantitative estimate of drug-likeness (QED) is 0.613. The Morgan fingerprint density at radius 1 is 1.21 bits per heavy atom. The number of morpholine rings is 1. The lowest BCUT2D eigenvalue weighted by atomic mass is 9.76. The highest BCUT2D eigenvalue weighted by atomic mass is 32.1. The van der Waals surface area contributed by atoms with Crippen LogP contribution in [0.25, 0.3) is 0 Å². The maximum absolute atomic E-state index is 13.1. The largest absolute Gasteiger partial charge is 0.423 e. The number of aromatic nitrogens is 3. The van der Waals surface area contributed by atoms with Crippen LogP contribution in [0.2, 0.25) is 0 Å². The molecular formula is C24H36N6O3S. The molecule has 3 saturated heterocycles. The lowest BCUT2D eigenvalue weighted by Gasteiger charge is -2.39. The van der Waals surface area contributed by atoms with Crippen molar-refractivity contribution in [3.8, 4) is 0 Å². The van der Waals surface area contributed by atoms with E-state index < -0.39 is 0 Å². The fourth-order valence-corrected chi connectivity index (χ4v) is 6.30. The van der Waals surface area contributed by atoms with Gasteiger partial charge < -0.3 is 14.1 Å². The summed E-state index contributed by atoms with van der Waals surface area (Å²) in [7, 11) is 0. The first-order valence-corrected chi connectivity index (χ1v) is 13.3. The van der Waals surface area contributed by atoms with Crippen LogP contribution >= 0.6 is 11.3 Å². The van der Waals surface area contributed by atoms with Crippen LogP contribution in [0.3, 0.4) is 0 Å². The Balaban J connectivity index is 1.29. The van der Waals surface area contributed by atoms with Gasteiger partial charge in [-0.1, -0.05) is 13.8 Å². The van der Waals surface area contributed by atoms with Crippen molar-refractivity contribution in [1.29, 1.82) is 0 Å². The van der Waals surface area contributed by atoms with Crippen molar-refractivity contribution in [3.05, 3.63) is 27.9 Å². The third kappa shape index (κ3) is 5.05. The zero-order valence-electron chi connectivity index (χ0n) is 20.5. The van der Waals surface area contributed by atoms with E-state index in [9.17, 15) is 4.79 Å². The fraction of sp³-hybridized carbons (Fsp3) is 0.750. The average molecular weight is 489 g/mol. The molecule has 0 aromatic carbocycles. The Morgan fingerprint density at radius 3 is 2.62 bits per heavy atom. The summed E-state index contributed by atoms with van der Waals surface area (Å²) in [5, 5.41) is 8.71. The lowest BCUT2D eigenvalue weighted by Crippen LogP contribution is -2.46. The Hall–Kier alpha value is -1.88. The molecule has 5 heterocycles. The number of likely N-dealkylation sites (tertiary alicyclic amines) is 2. The predicted octanol–water partition coefficient (Wildman–Crippen LogP) is 2.85. The van der Waals surface area contributed by atoms with Crippen LogP contribution in [0.4, 0.5) is 0 Å². The van der Waals surface area contributed by atoms with E-state index in [4.69, 9.17) is 9.15 Å². The summed E-state index contributed by atoms with van der Waals surface area (Å²) in [6.45, 7) is 13.2. The number of amides is 1. The van der Waals surface area contributed by atoms with Crippen LogP contribution in [0.5, 0.6) is 0 Å². The smallest absolute Gasteiger partial charge is 0.236 e. The van der Waals surface area contributed by atoms with Gasteiger partial charge in [-0.15, -0.1) is 21.5 Å². The van der Waals surface area contributed by atoms with Crippen molar-refractivity contribution in [2.45, 2.75) is 58.5 Å². The molecule has 1 atom stereocenters. The van der Waals surface area contributed by atoms with Gasteiger partial charge in [-0.25, -0.2) is 4.98 Å². The number of hydrogen-bond acceptors (Lipinski definition) is 9. The second kappa shape index (κ2) is 10.0. The van der Waals surface area contributed by atoms with Gasteiger partial charge in [-0.2, -0.15) is 0 Å². The number of thiazole rings is 1. The van der Waals surface area contributed by atoms with Crippen molar-refractivity contribution >= 4 is 17.2 Å². The molecule has 0 aliphatic carbocycles. The molecule has 3 aliphatic heterocycles. The maximum Gasteiger partial charge on any atom is 0.236 e. The van der Waals surface area contributed by atoms with E-state index in [-0.39, 0.29) is 23.3 Å². The molecular weight excluding hydrogens is 452 g/mol. The van der Waals surface area contributed by atoms with Crippen molar-refractivity contribution in [1.82, 2.24) is 29.9 Å². The maximum atomic E-state index is 13.1. The fourth-order valence-electron chi connectivity index (χ4n) is 5.48. The minimum absolute atomic E-state index is 0.000260. The SMILES string of the molecule is Cc1ncsc1CN1CCC2(CC1)CC(c1nnc(C(C)C)o1)N(CC(=O)N1CCOCC1)C2. The van der Waals surface area contributed by atoms with Gasteiger partial charge in [0.1, 0.15) is 0 Å². The van der Waals surface area contributed by atoms with Gasteiger partial charge in [0, 0.05) is 37.0 Å². The number of carbonyl (C=O) groups excluding carboxylic acids is 1. The standard InChI is InChI=1S/C24H36N6O3S/c1-17(2)22-26-27-23(33-22)19-12-24(15-30(19)14-21(31)29-8-10-32-11-9-29)4-6-28(7-5-24)13-20-18(3)25-16-34-20/h16-17,19H,4-15H2,1-3H3. The molecule has 9 nitrogen and oxygen atoms in total. The van der Waals surface area contributed by atoms with Crippen molar-refractivity contribution < 1.29 is 13.9 Å². The molecule has 34 heavy (non-hydrogen) atoms. The highest BCUT2D eigenvalue weighted by molar-refractivity contribution is 7.09. The van der Waals surface area contributed by atoms with Crippen LogP contribution in [-0.2, 0) is 16.1 Å². The molecule has 3 aliphatic rings. The van der Waals surface area contributed by atoms with Crippen LogP contribution in [0, 0.1) is 12.3 Å². The number of carbonyl (C=O) groups is 1. The van der Waals surface area contributed by atoms with Crippen molar-refractivity contribution in [2.24, 2.45) is 5.41 Å². The number of aryl methyl sites for hydroxylation is 1. The Bertz CT molecular complexity index is 977. The summed E-state index contributed by atoms with van der Waals surface area (Å²) in [5.74, 6) is 1.70. The summed E-state index contributed by atoms with van der Waals surface area (Å²) in [6, 6.07) is 0.000260. The molecule has 186 valence electrons. The second-order valence-electron chi connectivity index (χ2n) is 10.4. The van der Waals surface area contributed by atoms with Crippen LogP contribution in [0.15, 0.2) is 9.93 Å². The number of rotatable bonds is 6. The van der Waals surface area contributed by atoms with Gasteiger partial charge in [-0.05, 0) is 44.7 Å². The monoisotopic (exact) mass is 488 g/mol. The molecule has 2 aromatic rings. The van der Waals surface area contributed by atoms with Crippen molar-refractivity contribution in [2.75, 3.05) is 52.5 Å². The minimum atomic E-state index is 0.000260. The zero-order valence-corrected chi connectivity index (χ0v) is 21.4. The Labute approximate surface area is 205 Å². The molecule has 0 bridgehead atoms. The van der Waals surface area contributed by atoms with E-state index in [2.05, 4.69) is 45.8 Å². The third-order valence-electron chi connectivity index (χ3n) is 7.67. The molecule has 5 rings (SSSR count). The van der Waals surface area contributed by atoms with E-state index in [0.29, 0.717) is 44.6 Å². The Kier molecular flexibility index (Phi) is 7.02. The third-order valence-corrected chi connectivity index (χ3v) is 8.59. The molecule has 2 aromatic heterocycles. The molecule has 1 amide bonds. The second-order valence-corrected chi connectivity index (χ2v) is 11.3. The summed E-state index contributed by atoms with van der Waals surface area (Å²) >= 11 is 1.75.